The van der Waals surface area contributed by atoms with E-state index in [4.69, 9.17) is 22.4 Å². The molecule has 2 rings (SSSR count). The molecule has 0 spiro atoms. The number of aliphatic hydroxyl groups excluding tert-OH is 1. The fourth-order valence-electron chi connectivity index (χ4n) is 1.67. The maximum absolute atomic E-state index is 13.9. The van der Waals surface area contributed by atoms with Crippen LogP contribution < -0.4 is 10.5 Å². The molecule has 0 aliphatic rings. The van der Waals surface area contributed by atoms with Gasteiger partial charge in [0.05, 0.1) is 11.6 Å². The van der Waals surface area contributed by atoms with Gasteiger partial charge in [-0.1, -0.05) is 23.7 Å². The van der Waals surface area contributed by atoms with Crippen molar-refractivity contribution in [2.24, 2.45) is 0 Å². The molecule has 0 radical (unpaired) electrons. The molecule has 5 nitrogen and oxygen atoms in total. The second kappa shape index (κ2) is 5.88. The van der Waals surface area contributed by atoms with Crippen molar-refractivity contribution in [3.8, 4) is 0 Å². The first-order valence-corrected chi connectivity index (χ1v) is 7.67. The number of hydrogen-bond acceptors (Lipinski definition) is 4. The first-order chi connectivity index (χ1) is 9.83. The minimum absolute atomic E-state index is 0.0393. The molecule has 0 aromatic heterocycles. The Bertz CT molecular complexity index is 764. The van der Waals surface area contributed by atoms with E-state index in [1.165, 1.54) is 12.1 Å². The smallest absolute Gasteiger partial charge is 0.264 e. The molecular formula is C13H12ClFN2O3S. The van der Waals surface area contributed by atoms with Gasteiger partial charge in [0.25, 0.3) is 10.0 Å². The van der Waals surface area contributed by atoms with Crippen molar-refractivity contribution in [2.75, 3.05) is 10.5 Å². The Morgan fingerprint density at radius 3 is 2.43 bits per heavy atom. The topological polar surface area (TPSA) is 92.4 Å². The summed E-state index contributed by atoms with van der Waals surface area (Å²) in [6, 6.07) is 8.11. The first kappa shape index (κ1) is 15.6. The Morgan fingerprint density at radius 1 is 1.24 bits per heavy atom. The molecule has 0 saturated carbocycles. The molecule has 0 bridgehead atoms. The van der Waals surface area contributed by atoms with E-state index >= 15 is 0 Å². The van der Waals surface area contributed by atoms with Crippen molar-refractivity contribution in [3.63, 3.8) is 0 Å². The first-order valence-electron chi connectivity index (χ1n) is 5.80. The van der Waals surface area contributed by atoms with E-state index < -0.39 is 20.7 Å². The molecule has 0 aliphatic carbocycles. The van der Waals surface area contributed by atoms with E-state index in [0.717, 1.165) is 12.1 Å². The third-order valence-electron chi connectivity index (χ3n) is 2.70. The summed E-state index contributed by atoms with van der Waals surface area (Å²) in [5.74, 6) is -1.06. The van der Waals surface area contributed by atoms with E-state index in [9.17, 15) is 12.8 Å². The lowest BCUT2D eigenvalue weighted by Crippen LogP contribution is -2.15. The number of nitrogens with one attached hydrogen (secondary N) is 1. The lowest BCUT2D eigenvalue weighted by Gasteiger charge is -2.10. The average molecular weight is 331 g/mol. The second-order valence-corrected chi connectivity index (χ2v) is 6.33. The van der Waals surface area contributed by atoms with E-state index in [-0.39, 0.29) is 23.0 Å². The zero-order valence-electron chi connectivity index (χ0n) is 10.7. The standard InChI is InChI=1S/C13H12ClFN2O3S/c14-11-5-9(16)6-12(13(11)15)21(19,20)17-10-3-1-8(7-18)2-4-10/h1-6,17-18H,7,16H2. The van der Waals surface area contributed by atoms with Crippen LogP contribution in [0.1, 0.15) is 5.56 Å². The highest BCUT2D eigenvalue weighted by Gasteiger charge is 2.22. The Kier molecular flexibility index (Phi) is 4.36. The van der Waals surface area contributed by atoms with Crippen LogP contribution in [0.5, 0.6) is 0 Å². The monoisotopic (exact) mass is 330 g/mol. The summed E-state index contributed by atoms with van der Waals surface area (Å²) in [5, 5.41) is 8.55. The summed E-state index contributed by atoms with van der Waals surface area (Å²) >= 11 is 5.59. The second-order valence-electron chi connectivity index (χ2n) is 4.28. The van der Waals surface area contributed by atoms with Crippen LogP contribution in [0.15, 0.2) is 41.3 Å². The fourth-order valence-corrected chi connectivity index (χ4v) is 3.14. The number of rotatable bonds is 4. The summed E-state index contributed by atoms with van der Waals surface area (Å²) < 4.78 is 40.4. The molecule has 0 heterocycles. The molecule has 0 aliphatic heterocycles. The van der Waals surface area contributed by atoms with Crippen molar-refractivity contribution in [3.05, 3.63) is 52.8 Å². The SMILES string of the molecule is Nc1cc(Cl)c(F)c(S(=O)(=O)Nc2ccc(CO)cc2)c1. The highest BCUT2D eigenvalue weighted by molar-refractivity contribution is 7.92. The third kappa shape index (κ3) is 3.44. The van der Waals surface area contributed by atoms with Crippen molar-refractivity contribution in [1.82, 2.24) is 0 Å². The van der Waals surface area contributed by atoms with Crippen LogP contribution in [0.3, 0.4) is 0 Å². The van der Waals surface area contributed by atoms with E-state index in [2.05, 4.69) is 4.72 Å². The number of nitrogen functional groups attached to an aromatic ring is 1. The van der Waals surface area contributed by atoms with E-state index in [1.54, 1.807) is 12.1 Å². The molecule has 0 saturated heterocycles. The summed E-state index contributed by atoms with van der Waals surface area (Å²) in [6.07, 6.45) is 0. The normalized spacial score (nSPS) is 11.4. The Hall–Kier alpha value is -1.83. The van der Waals surface area contributed by atoms with Gasteiger partial charge in [0.15, 0.2) is 5.82 Å². The molecule has 0 unspecified atom stereocenters. The molecule has 0 fully saturated rings. The molecule has 8 heteroatoms. The van der Waals surface area contributed by atoms with Gasteiger partial charge in [-0.2, -0.15) is 0 Å². The minimum atomic E-state index is -4.16. The molecule has 2 aromatic rings. The van der Waals surface area contributed by atoms with Crippen molar-refractivity contribution >= 4 is 33.0 Å². The van der Waals surface area contributed by atoms with Gasteiger partial charge in [-0.15, -0.1) is 0 Å². The number of aliphatic hydroxyl groups is 1. The molecule has 2 aromatic carbocycles. The quantitative estimate of drug-likeness (QED) is 0.750. The zero-order valence-corrected chi connectivity index (χ0v) is 12.2. The van der Waals surface area contributed by atoms with E-state index in [0.29, 0.717) is 5.56 Å². The van der Waals surface area contributed by atoms with Gasteiger partial charge >= 0.3 is 0 Å². The van der Waals surface area contributed by atoms with Crippen molar-refractivity contribution in [1.29, 1.82) is 0 Å². The lowest BCUT2D eigenvalue weighted by atomic mass is 10.2. The number of nitrogens with two attached hydrogens (primary N) is 1. The lowest BCUT2D eigenvalue weighted by molar-refractivity contribution is 0.282. The maximum Gasteiger partial charge on any atom is 0.264 e. The molecule has 112 valence electrons. The van der Waals surface area contributed by atoms with Gasteiger partial charge in [-0.25, -0.2) is 12.8 Å². The number of benzene rings is 2. The van der Waals surface area contributed by atoms with Crippen molar-refractivity contribution in [2.45, 2.75) is 11.5 Å². The maximum atomic E-state index is 13.9. The molecule has 0 atom stereocenters. The minimum Gasteiger partial charge on any atom is -0.399 e. The molecule has 0 amide bonds. The predicted octanol–water partition coefficient (Wildman–Crippen LogP) is 2.35. The summed E-state index contributed by atoms with van der Waals surface area (Å²) in [5.41, 5.74) is 6.37. The van der Waals surface area contributed by atoms with Gasteiger partial charge in [0.1, 0.15) is 4.90 Å². The van der Waals surface area contributed by atoms with Gasteiger partial charge in [-0.05, 0) is 29.8 Å². The number of anilines is 2. The van der Waals surface area contributed by atoms with Crippen LogP contribution in [-0.4, -0.2) is 13.5 Å². The third-order valence-corrected chi connectivity index (χ3v) is 4.35. The van der Waals surface area contributed by atoms with Crippen LogP contribution in [-0.2, 0) is 16.6 Å². The Labute approximate surface area is 126 Å². The van der Waals surface area contributed by atoms with Crippen LogP contribution in [0.4, 0.5) is 15.8 Å². The van der Waals surface area contributed by atoms with Crippen LogP contribution in [0, 0.1) is 5.82 Å². The van der Waals surface area contributed by atoms with Gasteiger partial charge in [0.2, 0.25) is 0 Å². The predicted molar refractivity (Wildman–Crippen MR) is 79.0 cm³/mol. The average Bonchev–Trinajstić information content (AvgIpc) is 2.43. The molecular weight excluding hydrogens is 319 g/mol. The van der Waals surface area contributed by atoms with Gasteiger partial charge in [-0.3, -0.25) is 4.72 Å². The summed E-state index contributed by atoms with van der Waals surface area (Å²) in [6.45, 7) is -0.160. The molecule has 21 heavy (non-hydrogen) atoms. The number of sulfonamides is 1. The van der Waals surface area contributed by atoms with Crippen LogP contribution in [0.2, 0.25) is 5.02 Å². The molecule has 4 N–H and O–H groups in total. The van der Waals surface area contributed by atoms with Gasteiger partial charge in [0, 0.05) is 11.4 Å². The summed E-state index contributed by atoms with van der Waals surface area (Å²) in [7, 11) is -4.16. The van der Waals surface area contributed by atoms with E-state index in [1.807, 2.05) is 0 Å². The zero-order chi connectivity index (χ0) is 15.6. The Morgan fingerprint density at radius 2 is 1.86 bits per heavy atom. The fraction of sp³-hybridized carbons (Fsp3) is 0.0769. The van der Waals surface area contributed by atoms with Crippen LogP contribution >= 0.6 is 11.6 Å². The van der Waals surface area contributed by atoms with Crippen LogP contribution in [0.25, 0.3) is 0 Å². The number of hydrogen-bond donors (Lipinski definition) is 3. The number of halogens is 2. The summed E-state index contributed by atoms with van der Waals surface area (Å²) in [4.78, 5) is -0.626. The highest BCUT2D eigenvalue weighted by atomic mass is 35.5. The largest absolute Gasteiger partial charge is 0.399 e. The van der Waals surface area contributed by atoms with Gasteiger partial charge < -0.3 is 10.8 Å². The Balaban J connectivity index is 2.38. The van der Waals surface area contributed by atoms with Crippen molar-refractivity contribution < 1.29 is 17.9 Å². The highest BCUT2D eigenvalue weighted by Crippen LogP contribution is 2.27.